The van der Waals surface area contributed by atoms with E-state index in [1.807, 2.05) is 0 Å². The predicted octanol–water partition coefficient (Wildman–Crippen LogP) is 2.50. The fourth-order valence-electron chi connectivity index (χ4n) is 2.10. The van der Waals surface area contributed by atoms with Crippen LogP contribution in [0.5, 0.6) is 0 Å². The van der Waals surface area contributed by atoms with Crippen LogP contribution < -0.4 is 5.73 Å². The summed E-state index contributed by atoms with van der Waals surface area (Å²) in [6.45, 7) is 1.62. The first-order chi connectivity index (χ1) is 10.1. The van der Waals surface area contributed by atoms with Crippen molar-refractivity contribution in [1.82, 2.24) is 20.2 Å². The lowest BCUT2D eigenvalue weighted by molar-refractivity contribution is 0.614. The molecule has 7 heteroatoms. The molecule has 0 saturated heterocycles. The summed E-state index contributed by atoms with van der Waals surface area (Å²) in [6.07, 6.45) is 0. The maximum absolute atomic E-state index is 13.7. The SMILES string of the molecule is Cc1c(F)cccc1-n1nnnc1-c1cc(N)cc(F)c1. The molecule has 0 unspecified atom stereocenters. The number of nitrogens with zero attached hydrogens (tertiary/aromatic N) is 4. The van der Waals surface area contributed by atoms with Gasteiger partial charge in [0.1, 0.15) is 11.6 Å². The molecular formula is C14H11F2N5. The Morgan fingerprint density at radius 3 is 2.71 bits per heavy atom. The molecule has 106 valence electrons. The van der Waals surface area contributed by atoms with Crippen LogP contribution in [0.3, 0.4) is 0 Å². The number of halogens is 2. The molecule has 0 bridgehead atoms. The number of hydrogen-bond acceptors (Lipinski definition) is 4. The van der Waals surface area contributed by atoms with Crippen molar-refractivity contribution in [3.05, 3.63) is 53.6 Å². The van der Waals surface area contributed by atoms with E-state index in [2.05, 4.69) is 15.5 Å². The Morgan fingerprint density at radius 2 is 1.95 bits per heavy atom. The van der Waals surface area contributed by atoms with Gasteiger partial charge in [-0.3, -0.25) is 0 Å². The molecule has 0 atom stereocenters. The number of anilines is 1. The van der Waals surface area contributed by atoms with Crippen molar-refractivity contribution in [2.75, 3.05) is 5.73 Å². The lowest BCUT2D eigenvalue weighted by Crippen LogP contribution is -2.04. The zero-order valence-corrected chi connectivity index (χ0v) is 11.1. The molecule has 21 heavy (non-hydrogen) atoms. The largest absolute Gasteiger partial charge is 0.399 e. The molecule has 3 aromatic rings. The van der Waals surface area contributed by atoms with Gasteiger partial charge in [-0.25, -0.2) is 8.78 Å². The second kappa shape index (κ2) is 4.93. The zero-order chi connectivity index (χ0) is 15.0. The maximum Gasteiger partial charge on any atom is 0.187 e. The van der Waals surface area contributed by atoms with Gasteiger partial charge in [0.15, 0.2) is 5.82 Å². The third-order valence-corrected chi connectivity index (χ3v) is 3.12. The molecule has 2 aromatic carbocycles. The van der Waals surface area contributed by atoms with Crippen LogP contribution in [-0.4, -0.2) is 20.2 Å². The van der Waals surface area contributed by atoms with E-state index < -0.39 is 5.82 Å². The number of rotatable bonds is 2. The number of tetrazole rings is 1. The van der Waals surface area contributed by atoms with Gasteiger partial charge in [0.05, 0.1) is 5.69 Å². The molecule has 1 aromatic heterocycles. The zero-order valence-electron chi connectivity index (χ0n) is 11.1. The summed E-state index contributed by atoms with van der Waals surface area (Å²) in [5.74, 6) is -0.571. The quantitative estimate of drug-likeness (QED) is 0.735. The summed E-state index contributed by atoms with van der Waals surface area (Å²) in [7, 11) is 0. The van der Waals surface area contributed by atoms with Crippen LogP contribution >= 0.6 is 0 Å². The minimum atomic E-state index is -0.490. The summed E-state index contributed by atoms with van der Waals surface area (Å²) in [5.41, 5.74) is 7.19. The summed E-state index contributed by atoms with van der Waals surface area (Å²) in [5, 5.41) is 11.3. The predicted molar refractivity (Wildman–Crippen MR) is 73.7 cm³/mol. The minimum absolute atomic E-state index is 0.260. The molecule has 2 N–H and O–H groups in total. The second-order valence-electron chi connectivity index (χ2n) is 4.57. The maximum atomic E-state index is 13.7. The van der Waals surface area contributed by atoms with Crippen molar-refractivity contribution in [3.8, 4) is 17.1 Å². The van der Waals surface area contributed by atoms with E-state index in [1.54, 1.807) is 25.1 Å². The van der Waals surface area contributed by atoms with Gasteiger partial charge in [-0.05, 0) is 47.7 Å². The van der Waals surface area contributed by atoms with Gasteiger partial charge < -0.3 is 5.73 Å². The lowest BCUT2D eigenvalue weighted by Gasteiger charge is -2.09. The van der Waals surface area contributed by atoms with Crippen LogP contribution in [0.1, 0.15) is 5.56 Å². The summed E-state index contributed by atoms with van der Waals surface area (Å²) in [4.78, 5) is 0. The molecule has 1 heterocycles. The van der Waals surface area contributed by atoms with Crippen LogP contribution in [0, 0.1) is 18.6 Å². The average molecular weight is 287 g/mol. The van der Waals surface area contributed by atoms with Crippen molar-refractivity contribution < 1.29 is 8.78 Å². The number of nitrogen functional groups attached to an aromatic ring is 1. The van der Waals surface area contributed by atoms with Gasteiger partial charge >= 0.3 is 0 Å². The molecule has 0 amide bonds. The van der Waals surface area contributed by atoms with Crippen molar-refractivity contribution in [3.63, 3.8) is 0 Å². The monoisotopic (exact) mass is 287 g/mol. The first-order valence-corrected chi connectivity index (χ1v) is 6.16. The normalized spacial score (nSPS) is 10.8. The highest BCUT2D eigenvalue weighted by atomic mass is 19.1. The standard InChI is InChI=1S/C14H11F2N5/c1-8-12(16)3-2-4-13(8)21-14(18-19-20-21)9-5-10(15)7-11(17)6-9/h2-7H,17H2,1H3. The third-order valence-electron chi connectivity index (χ3n) is 3.12. The second-order valence-corrected chi connectivity index (χ2v) is 4.57. The smallest absolute Gasteiger partial charge is 0.187 e. The Labute approximate surface area is 119 Å². The van der Waals surface area contributed by atoms with Crippen LogP contribution in [0.25, 0.3) is 17.1 Å². The molecule has 0 fully saturated rings. The van der Waals surface area contributed by atoms with Crippen molar-refractivity contribution in [2.24, 2.45) is 0 Å². The Kier molecular flexibility index (Phi) is 3.09. The fraction of sp³-hybridized carbons (Fsp3) is 0.0714. The highest BCUT2D eigenvalue weighted by Gasteiger charge is 2.15. The highest BCUT2D eigenvalue weighted by molar-refractivity contribution is 5.63. The van der Waals surface area contributed by atoms with Gasteiger partial charge in [-0.1, -0.05) is 6.07 Å². The van der Waals surface area contributed by atoms with Crippen molar-refractivity contribution in [2.45, 2.75) is 6.92 Å². The fourth-order valence-corrected chi connectivity index (χ4v) is 2.10. The minimum Gasteiger partial charge on any atom is -0.399 e. The Balaban J connectivity index is 2.19. The molecule has 0 radical (unpaired) electrons. The van der Waals surface area contributed by atoms with E-state index in [-0.39, 0.29) is 17.3 Å². The van der Waals surface area contributed by atoms with Crippen LogP contribution in [0.4, 0.5) is 14.5 Å². The number of hydrogen-bond donors (Lipinski definition) is 1. The van der Waals surface area contributed by atoms with Crippen LogP contribution in [0.2, 0.25) is 0 Å². The Morgan fingerprint density at radius 1 is 1.14 bits per heavy atom. The average Bonchev–Trinajstić information content (AvgIpc) is 2.90. The lowest BCUT2D eigenvalue weighted by atomic mass is 10.1. The van der Waals surface area contributed by atoms with Gasteiger partial charge in [0, 0.05) is 16.8 Å². The summed E-state index contributed by atoms with van der Waals surface area (Å²) in [6, 6.07) is 8.62. The van der Waals surface area contributed by atoms with Gasteiger partial charge in [-0.15, -0.1) is 5.10 Å². The number of nitrogens with two attached hydrogens (primary N) is 1. The van der Waals surface area contributed by atoms with E-state index >= 15 is 0 Å². The van der Waals surface area contributed by atoms with Crippen molar-refractivity contribution >= 4 is 5.69 Å². The van der Waals surface area contributed by atoms with Gasteiger partial charge in [0.2, 0.25) is 0 Å². The van der Waals surface area contributed by atoms with E-state index in [9.17, 15) is 8.78 Å². The molecule has 5 nitrogen and oxygen atoms in total. The Bertz CT molecular complexity index is 793. The van der Waals surface area contributed by atoms with Gasteiger partial charge in [-0.2, -0.15) is 4.68 Å². The van der Waals surface area contributed by atoms with E-state index in [4.69, 9.17) is 5.73 Å². The van der Waals surface area contributed by atoms with E-state index in [1.165, 1.54) is 22.9 Å². The van der Waals surface area contributed by atoms with E-state index in [0.717, 1.165) is 0 Å². The van der Waals surface area contributed by atoms with Crippen LogP contribution in [0.15, 0.2) is 36.4 Å². The van der Waals surface area contributed by atoms with Crippen molar-refractivity contribution in [1.29, 1.82) is 0 Å². The van der Waals surface area contributed by atoms with Crippen LogP contribution in [-0.2, 0) is 0 Å². The summed E-state index contributed by atoms with van der Waals surface area (Å²) < 4.78 is 28.5. The van der Waals surface area contributed by atoms with Gasteiger partial charge in [0.25, 0.3) is 0 Å². The third kappa shape index (κ3) is 2.33. The Hall–Kier alpha value is -2.83. The molecule has 3 rings (SSSR count). The first-order valence-electron chi connectivity index (χ1n) is 6.16. The molecule has 0 aliphatic heterocycles. The highest BCUT2D eigenvalue weighted by Crippen LogP contribution is 2.24. The number of benzene rings is 2. The molecule has 0 saturated carbocycles. The topological polar surface area (TPSA) is 69.6 Å². The molecule has 0 aliphatic carbocycles. The number of aromatic nitrogens is 4. The van der Waals surface area contributed by atoms with E-state index in [0.29, 0.717) is 16.8 Å². The summed E-state index contributed by atoms with van der Waals surface area (Å²) >= 11 is 0. The molecule has 0 spiro atoms. The first kappa shape index (κ1) is 13.2. The molecule has 0 aliphatic rings. The molecular weight excluding hydrogens is 276 g/mol.